The van der Waals surface area contributed by atoms with Crippen LogP contribution in [0.4, 0.5) is 0 Å². The van der Waals surface area contributed by atoms with Crippen molar-refractivity contribution in [3.8, 4) is 5.75 Å². The highest BCUT2D eigenvalue weighted by Gasteiger charge is 2.48. The lowest BCUT2D eigenvalue weighted by Crippen LogP contribution is -2.44. The first-order chi connectivity index (χ1) is 18.1. The van der Waals surface area contributed by atoms with Gasteiger partial charge >= 0.3 is 5.97 Å². The minimum Gasteiger partial charge on any atom is -0.511 e. The van der Waals surface area contributed by atoms with E-state index >= 15 is 0 Å². The van der Waals surface area contributed by atoms with E-state index in [4.69, 9.17) is 9.47 Å². The first-order valence-electron chi connectivity index (χ1n) is 13.3. The summed E-state index contributed by atoms with van der Waals surface area (Å²) in [6.07, 6.45) is 10.00. The molecular formula is C33H34O4. The molecule has 5 rings (SSSR count). The largest absolute Gasteiger partial charge is 0.511 e. The number of cyclic esters (lactones) is 1. The Morgan fingerprint density at radius 3 is 2.32 bits per heavy atom. The molecule has 1 saturated carbocycles. The average Bonchev–Trinajstić information content (AvgIpc) is 2.95. The van der Waals surface area contributed by atoms with Crippen LogP contribution in [0.3, 0.4) is 0 Å². The third kappa shape index (κ3) is 5.80. The van der Waals surface area contributed by atoms with E-state index in [-0.39, 0.29) is 17.3 Å². The van der Waals surface area contributed by atoms with Crippen LogP contribution in [0.1, 0.15) is 55.2 Å². The molecule has 0 aromatic heterocycles. The molecule has 190 valence electrons. The first kappa shape index (κ1) is 24.9. The summed E-state index contributed by atoms with van der Waals surface area (Å²) >= 11 is 0. The fourth-order valence-electron chi connectivity index (χ4n) is 5.61. The normalized spacial score (nSPS) is 20.7. The predicted octanol–water partition coefficient (Wildman–Crippen LogP) is 7.60. The quantitative estimate of drug-likeness (QED) is 0.328. The van der Waals surface area contributed by atoms with Crippen molar-refractivity contribution in [2.24, 2.45) is 5.92 Å². The van der Waals surface area contributed by atoms with E-state index in [9.17, 15) is 9.90 Å². The van der Waals surface area contributed by atoms with Crippen molar-refractivity contribution < 1.29 is 19.4 Å². The number of rotatable bonds is 8. The van der Waals surface area contributed by atoms with Crippen molar-refractivity contribution in [3.63, 3.8) is 0 Å². The Morgan fingerprint density at radius 1 is 0.892 bits per heavy atom. The van der Waals surface area contributed by atoms with E-state index in [1.54, 1.807) is 6.08 Å². The summed E-state index contributed by atoms with van der Waals surface area (Å²) in [5.74, 6) is 0.671. The summed E-state index contributed by atoms with van der Waals surface area (Å²) in [5.41, 5.74) is 2.60. The lowest BCUT2D eigenvalue weighted by molar-refractivity contribution is -0.170. The summed E-state index contributed by atoms with van der Waals surface area (Å²) in [4.78, 5) is 13.2. The highest BCUT2D eigenvalue weighted by Crippen LogP contribution is 2.48. The second-order valence-corrected chi connectivity index (χ2v) is 10.0. The van der Waals surface area contributed by atoms with Crippen LogP contribution in [-0.2, 0) is 28.2 Å². The molecule has 0 radical (unpaired) electrons. The van der Waals surface area contributed by atoms with Crippen molar-refractivity contribution in [2.45, 2.75) is 57.2 Å². The molecule has 1 aliphatic carbocycles. The Hall–Kier alpha value is -3.79. The van der Waals surface area contributed by atoms with E-state index in [2.05, 4.69) is 0 Å². The van der Waals surface area contributed by atoms with Crippen molar-refractivity contribution in [1.29, 1.82) is 0 Å². The van der Waals surface area contributed by atoms with Gasteiger partial charge in [-0.25, -0.2) is 4.79 Å². The van der Waals surface area contributed by atoms with Gasteiger partial charge in [0, 0.05) is 5.92 Å². The number of carbonyl (C=O) groups is 1. The number of allylic oxidation sites excluding steroid dienone is 1. The standard InChI is InChI=1S/C33H34O4/c34-31-23-33(27-16-6-2-7-17-27,28-18-8-3-9-19-28)37-32(35)30(31)21-11-15-25-14-10-20-29(22-25)36-24-26-12-4-1-5-13-26/h1-2,4-7,10-14,16-17,20-22,28,34H,3,8-9,15,18-19,23-24H2. The van der Waals surface area contributed by atoms with Crippen LogP contribution in [0.5, 0.6) is 5.75 Å². The Labute approximate surface area is 219 Å². The molecule has 1 unspecified atom stereocenters. The van der Waals surface area contributed by atoms with Gasteiger partial charge < -0.3 is 14.6 Å². The topological polar surface area (TPSA) is 55.8 Å². The number of esters is 1. The molecule has 4 nitrogen and oxygen atoms in total. The van der Waals surface area contributed by atoms with E-state index in [0.29, 0.717) is 19.4 Å². The minimum absolute atomic E-state index is 0.113. The van der Waals surface area contributed by atoms with Crippen molar-refractivity contribution in [3.05, 3.63) is 125 Å². The average molecular weight is 495 g/mol. The Balaban J connectivity index is 1.29. The maximum absolute atomic E-state index is 13.2. The zero-order valence-electron chi connectivity index (χ0n) is 21.1. The van der Waals surface area contributed by atoms with Gasteiger partial charge in [0.2, 0.25) is 0 Å². The van der Waals surface area contributed by atoms with Gasteiger partial charge in [0.05, 0.1) is 12.0 Å². The van der Waals surface area contributed by atoms with Gasteiger partial charge in [0.1, 0.15) is 23.7 Å². The summed E-state index contributed by atoms with van der Waals surface area (Å²) in [7, 11) is 0. The number of carbonyl (C=O) groups excluding carboxylic acids is 1. The smallest absolute Gasteiger partial charge is 0.342 e. The van der Waals surface area contributed by atoms with Gasteiger partial charge in [0.25, 0.3) is 0 Å². The summed E-state index contributed by atoms with van der Waals surface area (Å²) in [6.45, 7) is 0.511. The Kier molecular flexibility index (Phi) is 7.74. The molecule has 1 heterocycles. The predicted molar refractivity (Wildman–Crippen MR) is 145 cm³/mol. The Morgan fingerprint density at radius 2 is 1.59 bits per heavy atom. The van der Waals surface area contributed by atoms with Crippen LogP contribution in [0.25, 0.3) is 0 Å². The molecule has 3 aromatic carbocycles. The lowest BCUT2D eigenvalue weighted by atomic mass is 9.70. The maximum atomic E-state index is 13.2. The molecule has 1 atom stereocenters. The molecule has 1 fully saturated rings. The van der Waals surface area contributed by atoms with Crippen LogP contribution < -0.4 is 4.74 Å². The summed E-state index contributed by atoms with van der Waals surface area (Å²) < 4.78 is 12.2. The number of benzene rings is 3. The number of hydrogen-bond acceptors (Lipinski definition) is 4. The maximum Gasteiger partial charge on any atom is 0.342 e. The van der Waals surface area contributed by atoms with E-state index in [0.717, 1.165) is 48.1 Å². The zero-order valence-corrected chi connectivity index (χ0v) is 21.1. The van der Waals surface area contributed by atoms with Gasteiger partial charge in [-0.2, -0.15) is 0 Å². The van der Waals surface area contributed by atoms with Gasteiger partial charge in [-0.1, -0.05) is 98.1 Å². The zero-order chi connectivity index (χ0) is 25.5. The Bertz CT molecular complexity index is 1260. The summed E-state index contributed by atoms with van der Waals surface area (Å²) in [5, 5.41) is 11.1. The molecule has 0 amide bonds. The molecular weight excluding hydrogens is 460 g/mol. The molecule has 1 aliphatic heterocycles. The number of aliphatic hydroxyl groups excluding tert-OH is 1. The first-order valence-corrected chi connectivity index (χ1v) is 13.3. The van der Waals surface area contributed by atoms with Crippen LogP contribution >= 0.6 is 0 Å². The highest BCUT2D eigenvalue weighted by atomic mass is 16.6. The fourth-order valence-corrected chi connectivity index (χ4v) is 5.61. The van der Waals surface area contributed by atoms with Gasteiger partial charge in [-0.3, -0.25) is 0 Å². The molecule has 4 heteroatoms. The lowest BCUT2D eigenvalue weighted by Gasteiger charge is -2.44. The van der Waals surface area contributed by atoms with Crippen LogP contribution in [0, 0.1) is 5.92 Å². The third-order valence-corrected chi connectivity index (χ3v) is 7.55. The van der Waals surface area contributed by atoms with Gasteiger partial charge in [-0.05, 0) is 54.2 Å². The molecule has 3 aromatic rings. The van der Waals surface area contributed by atoms with E-state index < -0.39 is 11.6 Å². The second kappa shape index (κ2) is 11.5. The highest BCUT2D eigenvalue weighted by molar-refractivity contribution is 5.93. The van der Waals surface area contributed by atoms with E-state index in [1.807, 2.05) is 91.0 Å². The minimum atomic E-state index is -0.801. The van der Waals surface area contributed by atoms with Gasteiger partial charge in [-0.15, -0.1) is 0 Å². The number of hydrogen-bond donors (Lipinski definition) is 1. The van der Waals surface area contributed by atoms with Gasteiger partial charge in [0.15, 0.2) is 0 Å². The summed E-state index contributed by atoms with van der Waals surface area (Å²) in [6, 6.07) is 27.9. The fraction of sp³-hybridized carbons (Fsp3) is 0.303. The van der Waals surface area contributed by atoms with Crippen LogP contribution in [-0.4, -0.2) is 11.1 Å². The molecule has 1 N–H and O–H groups in total. The van der Waals surface area contributed by atoms with Crippen LogP contribution in [0.2, 0.25) is 0 Å². The monoisotopic (exact) mass is 494 g/mol. The molecule has 2 aliphatic rings. The molecule has 0 spiro atoms. The molecule has 0 bridgehead atoms. The molecule has 0 saturated heterocycles. The number of ether oxygens (including phenoxy) is 2. The van der Waals surface area contributed by atoms with Crippen molar-refractivity contribution in [2.75, 3.05) is 0 Å². The van der Waals surface area contributed by atoms with E-state index in [1.165, 1.54) is 6.42 Å². The second-order valence-electron chi connectivity index (χ2n) is 10.0. The third-order valence-electron chi connectivity index (χ3n) is 7.55. The van der Waals surface area contributed by atoms with Crippen molar-refractivity contribution in [1.82, 2.24) is 0 Å². The SMILES string of the molecule is O=C1OC(c2ccccc2)(C2CCCCC2)CC(O)=C1C=CCc1cccc(OCc2ccccc2)c1. The number of aliphatic hydroxyl groups is 1. The molecule has 37 heavy (non-hydrogen) atoms. The van der Waals surface area contributed by atoms with Crippen molar-refractivity contribution >= 4 is 5.97 Å². The van der Waals surface area contributed by atoms with Crippen LogP contribution in [0.15, 0.2) is 108 Å².